The second-order valence-corrected chi connectivity index (χ2v) is 4.93. The Morgan fingerprint density at radius 1 is 1.42 bits per heavy atom. The van der Waals surface area contributed by atoms with Crippen molar-refractivity contribution in [2.24, 2.45) is 0 Å². The molecule has 2 aromatic rings. The average Bonchev–Trinajstić information content (AvgIpc) is 2.85. The van der Waals surface area contributed by atoms with Gasteiger partial charge in [0.2, 0.25) is 5.16 Å². The molecule has 19 heavy (non-hydrogen) atoms. The highest BCUT2D eigenvalue weighted by Gasteiger charge is 2.22. The number of rotatable bonds is 5. The molecule has 2 unspecified atom stereocenters. The van der Waals surface area contributed by atoms with Gasteiger partial charge >= 0.3 is 0 Å². The number of hydrogen-bond acceptors (Lipinski definition) is 5. The molecule has 2 rings (SSSR count). The summed E-state index contributed by atoms with van der Waals surface area (Å²) in [5, 5.41) is 25.3. The van der Waals surface area contributed by atoms with Gasteiger partial charge < -0.3 is 5.11 Å². The maximum atomic E-state index is 9.96. The second kappa shape index (κ2) is 6.36. The van der Waals surface area contributed by atoms with E-state index in [1.54, 1.807) is 11.6 Å². The van der Waals surface area contributed by atoms with Gasteiger partial charge in [-0.1, -0.05) is 30.3 Å². The van der Waals surface area contributed by atoms with Gasteiger partial charge in [0.05, 0.1) is 12.1 Å². The van der Waals surface area contributed by atoms with Gasteiger partial charge in [0.25, 0.3) is 0 Å². The number of benzene rings is 1. The van der Waals surface area contributed by atoms with Crippen LogP contribution in [0, 0.1) is 10.7 Å². The van der Waals surface area contributed by atoms with Crippen LogP contribution in [0.15, 0.2) is 41.8 Å². The van der Waals surface area contributed by atoms with Gasteiger partial charge in [0, 0.05) is 11.8 Å². The van der Waals surface area contributed by atoms with Crippen LogP contribution in [-0.2, 0) is 6.42 Å². The Kier molecular flexibility index (Phi) is 4.55. The highest BCUT2D eigenvalue weighted by molar-refractivity contribution is 8.03. The lowest BCUT2D eigenvalue weighted by molar-refractivity contribution is 0.117. The number of thioether (sulfide) groups is 1. The third kappa shape index (κ3) is 3.34. The molecular weight excluding hydrogens is 260 g/mol. The summed E-state index contributed by atoms with van der Waals surface area (Å²) in [4.78, 5) is 4.03. The van der Waals surface area contributed by atoms with Crippen LogP contribution >= 0.6 is 11.8 Å². The Morgan fingerprint density at radius 3 is 2.79 bits per heavy atom. The Hall–Kier alpha value is -1.84. The Bertz CT molecular complexity index is 562. The van der Waals surface area contributed by atoms with E-state index in [0.717, 1.165) is 17.3 Å². The quantitative estimate of drug-likeness (QED) is 0.667. The fraction of sp³-hybridized carbons (Fsp3) is 0.308. The van der Waals surface area contributed by atoms with Crippen LogP contribution in [0.2, 0.25) is 0 Å². The number of aromatic nitrogens is 3. The highest BCUT2D eigenvalue weighted by Crippen LogP contribution is 2.23. The normalized spacial score (nSPS) is 13.7. The molecule has 1 aromatic heterocycles. The van der Waals surface area contributed by atoms with Crippen molar-refractivity contribution in [3.63, 3.8) is 0 Å². The molecule has 0 radical (unpaired) electrons. The SMILES string of the molecule is CC(O)C(Cc1ccccc1)n1ncnc1SC#N. The Balaban J connectivity index is 2.25. The minimum Gasteiger partial charge on any atom is -0.391 e. The fourth-order valence-electron chi connectivity index (χ4n) is 1.90. The lowest BCUT2D eigenvalue weighted by atomic mass is 10.0. The molecule has 0 saturated carbocycles. The molecule has 1 aromatic carbocycles. The summed E-state index contributed by atoms with van der Waals surface area (Å²) < 4.78 is 1.62. The van der Waals surface area contributed by atoms with E-state index in [1.165, 1.54) is 6.33 Å². The zero-order valence-corrected chi connectivity index (χ0v) is 11.3. The number of nitrogens with zero attached hydrogens (tertiary/aromatic N) is 4. The standard InChI is InChI=1S/C13H14N4OS/c1-10(18)12(7-11-5-3-2-4-6-11)17-13(19-8-14)15-9-16-17/h2-6,9-10,12,18H,7H2,1H3. The number of aliphatic hydroxyl groups excluding tert-OH is 1. The third-order valence-electron chi connectivity index (χ3n) is 2.84. The first kappa shape index (κ1) is 13.6. The summed E-state index contributed by atoms with van der Waals surface area (Å²) in [6.45, 7) is 1.72. The van der Waals surface area contributed by atoms with E-state index < -0.39 is 6.10 Å². The summed E-state index contributed by atoms with van der Waals surface area (Å²) in [5.74, 6) is 0. The van der Waals surface area contributed by atoms with Crippen LogP contribution in [0.5, 0.6) is 0 Å². The minimum absolute atomic E-state index is 0.235. The first-order valence-electron chi connectivity index (χ1n) is 5.90. The molecule has 0 aliphatic carbocycles. The van der Waals surface area contributed by atoms with Crippen LogP contribution in [0.3, 0.4) is 0 Å². The molecule has 98 valence electrons. The number of thiocyanates is 1. The molecule has 0 aliphatic heterocycles. The maximum absolute atomic E-state index is 9.96. The average molecular weight is 274 g/mol. The maximum Gasteiger partial charge on any atom is 0.201 e. The van der Waals surface area contributed by atoms with E-state index in [9.17, 15) is 5.11 Å². The molecular formula is C13H14N4OS. The smallest absolute Gasteiger partial charge is 0.201 e. The summed E-state index contributed by atoms with van der Waals surface area (Å²) in [7, 11) is 0. The molecule has 0 bridgehead atoms. The summed E-state index contributed by atoms with van der Waals surface area (Å²) >= 11 is 0.949. The second-order valence-electron chi connectivity index (χ2n) is 4.18. The summed E-state index contributed by atoms with van der Waals surface area (Å²) in [6.07, 6.45) is 1.46. The Labute approximate surface area is 115 Å². The predicted octanol–water partition coefficient (Wildman–Crippen LogP) is 2.02. The minimum atomic E-state index is -0.583. The summed E-state index contributed by atoms with van der Waals surface area (Å²) in [5.41, 5.74) is 1.11. The van der Waals surface area contributed by atoms with Crippen molar-refractivity contribution in [2.75, 3.05) is 0 Å². The number of aliphatic hydroxyl groups is 1. The van der Waals surface area contributed by atoms with Crippen LogP contribution in [0.4, 0.5) is 0 Å². The van der Waals surface area contributed by atoms with E-state index >= 15 is 0 Å². The zero-order chi connectivity index (χ0) is 13.7. The number of nitriles is 1. The van der Waals surface area contributed by atoms with Crippen molar-refractivity contribution < 1.29 is 5.11 Å². The first-order valence-corrected chi connectivity index (χ1v) is 6.71. The van der Waals surface area contributed by atoms with Gasteiger partial charge in [-0.3, -0.25) is 0 Å². The molecule has 0 amide bonds. The molecule has 6 heteroatoms. The van der Waals surface area contributed by atoms with Crippen molar-refractivity contribution in [1.82, 2.24) is 14.8 Å². The molecule has 5 nitrogen and oxygen atoms in total. The van der Waals surface area contributed by atoms with Crippen molar-refractivity contribution in [3.05, 3.63) is 42.2 Å². The van der Waals surface area contributed by atoms with Crippen molar-refractivity contribution in [3.8, 4) is 5.40 Å². The predicted molar refractivity (Wildman–Crippen MR) is 72.4 cm³/mol. The lowest BCUT2D eigenvalue weighted by Crippen LogP contribution is -2.25. The molecule has 0 saturated heterocycles. The van der Waals surface area contributed by atoms with Gasteiger partial charge in [0.15, 0.2) is 0 Å². The topological polar surface area (TPSA) is 74.7 Å². The number of hydrogen-bond donors (Lipinski definition) is 1. The Morgan fingerprint density at radius 2 is 2.16 bits per heavy atom. The van der Waals surface area contributed by atoms with Gasteiger partial charge in [0.1, 0.15) is 11.7 Å². The molecule has 0 fully saturated rings. The monoisotopic (exact) mass is 274 g/mol. The van der Waals surface area contributed by atoms with E-state index in [0.29, 0.717) is 11.6 Å². The van der Waals surface area contributed by atoms with Crippen molar-refractivity contribution in [2.45, 2.75) is 30.6 Å². The van der Waals surface area contributed by atoms with Crippen molar-refractivity contribution >= 4 is 11.8 Å². The molecule has 0 spiro atoms. The van der Waals surface area contributed by atoms with Gasteiger partial charge in [-0.05, 0) is 18.9 Å². The summed E-state index contributed by atoms with van der Waals surface area (Å²) in [6, 6.07) is 9.64. The molecule has 1 N–H and O–H groups in total. The van der Waals surface area contributed by atoms with E-state index in [4.69, 9.17) is 5.26 Å². The van der Waals surface area contributed by atoms with E-state index in [1.807, 2.05) is 35.7 Å². The fourth-order valence-corrected chi connectivity index (χ4v) is 2.36. The van der Waals surface area contributed by atoms with Crippen LogP contribution in [-0.4, -0.2) is 26.0 Å². The molecule has 0 aliphatic rings. The first-order chi connectivity index (χ1) is 9.22. The van der Waals surface area contributed by atoms with Crippen LogP contribution < -0.4 is 0 Å². The van der Waals surface area contributed by atoms with Gasteiger partial charge in [-0.2, -0.15) is 10.4 Å². The van der Waals surface area contributed by atoms with Crippen LogP contribution in [0.1, 0.15) is 18.5 Å². The largest absolute Gasteiger partial charge is 0.391 e. The van der Waals surface area contributed by atoms with Gasteiger partial charge in [-0.15, -0.1) is 0 Å². The van der Waals surface area contributed by atoms with Gasteiger partial charge in [-0.25, -0.2) is 9.67 Å². The lowest BCUT2D eigenvalue weighted by Gasteiger charge is -2.21. The highest BCUT2D eigenvalue weighted by atomic mass is 32.2. The van der Waals surface area contributed by atoms with E-state index in [-0.39, 0.29) is 6.04 Å². The zero-order valence-electron chi connectivity index (χ0n) is 10.5. The third-order valence-corrected chi connectivity index (χ3v) is 3.40. The van der Waals surface area contributed by atoms with E-state index in [2.05, 4.69) is 10.1 Å². The van der Waals surface area contributed by atoms with Crippen molar-refractivity contribution in [1.29, 1.82) is 5.26 Å². The molecule has 2 atom stereocenters. The van der Waals surface area contributed by atoms with Crippen LogP contribution in [0.25, 0.3) is 0 Å². The molecule has 1 heterocycles.